The lowest BCUT2D eigenvalue weighted by Crippen LogP contribution is -2.34. The van der Waals surface area contributed by atoms with Gasteiger partial charge < -0.3 is 15.8 Å². The highest BCUT2D eigenvalue weighted by Crippen LogP contribution is 2.36. The highest BCUT2D eigenvalue weighted by Gasteiger charge is 2.30. The number of carbonyl (C=O) groups excluding carboxylic acids is 1. The van der Waals surface area contributed by atoms with Crippen molar-refractivity contribution in [1.82, 2.24) is 20.3 Å². The molecule has 1 unspecified atom stereocenters. The van der Waals surface area contributed by atoms with E-state index in [-0.39, 0.29) is 6.04 Å². The van der Waals surface area contributed by atoms with Gasteiger partial charge in [0.05, 0.1) is 18.3 Å². The summed E-state index contributed by atoms with van der Waals surface area (Å²) in [5.74, 6) is 0.597. The fraction of sp³-hybridized carbons (Fsp3) is 0.786. The Morgan fingerprint density at radius 1 is 1.57 bits per heavy atom. The molecule has 7 heteroatoms. The van der Waals surface area contributed by atoms with Crippen molar-refractivity contribution in [3.05, 3.63) is 11.9 Å². The SMILES string of the molecule is CC(NC(=O)OC(C)(C)C)c1cn(C2CC(CN)C2)nn1. The maximum Gasteiger partial charge on any atom is 0.408 e. The molecule has 0 aliphatic heterocycles. The standard InChI is InChI=1S/C14H25N5O2/c1-9(16-13(20)21-14(2,3)4)12-8-19(18-17-12)11-5-10(6-11)7-15/h8-11H,5-7,15H2,1-4H3,(H,16,20). The van der Waals surface area contributed by atoms with Gasteiger partial charge in [-0.3, -0.25) is 0 Å². The van der Waals surface area contributed by atoms with Gasteiger partial charge in [0.25, 0.3) is 0 Å². The number of aromatic nitrogens is 3. The summed E-state index contributed by atoms with van der Waals surface area (Å²) in [5.41, 5.74) is 5.85. The molecule has 0 aromatic carbocycles. The summed E-state index contributed by atoms with van der Waals surface area (Å²) < 4.78 is 7.10. The molecule has 3 N–H and O–H groups in total. The molecule has 21 heavy (non-hydrogen) atoms. The summed E-state index contributed by atoms with van der Waals surface area (Å²) in [6.45, 7) is 8.09. The highest BCUT2D eigenvalue weighted by atomic mass is 16.6. The van der Waals surface area contributed by atoms with Crippen LogP contribution in [0.25, 0.3) is 0 Å². The van der Waals surface area contributed by atoms with Crippen LogP contribution in [-0.4, -0.2) is 33.2 Å². The van der Waals surface area contributed by atoms with Crippen LogP contribution in [0, 0.1) is 5.92 Å². The van der Waals surface area contributed by atoms with Crippen LogP contribution in [0.5, 0.6) is 0 Å². The molecule has 118 valence electrons. The molecule has 1 aliphatic rings. The van der Waals surface area contributed by atoms with Crippen molar-refractivity contribution < 1.29 is 9.53 Å². The molecule has 1 amide bonds. The van der Waals surface area contributed by atoms with Crippen LogP contribution in [-0.2, 0) is 4.74 Å². The number of carbonyl (C=O) groups is 1. The van der Waals surface area contributed by atoms with Crippen molar-refractivity contribution in [3.63, 3.8) is 0 Å². The number of ether oxygens (including phenoxy) is 1. The molecule has 1 aliphatic carbocycles. The number of hydrogen-bond donors (Lipinski definition) is 2. The zero-order valence-electron chi connectivity index (χ0n) is 13.2. The molecule has 2 rings (SSSR count). The predicted molar refractivity (Wildman–Crippen MR) is 78.6 cm³/mol. The van der Waals surface area contributed by atoms with Crippen LogP contribution in [0.15, 0.2) is 6.20 Å². The molecular weight excluding hydrogens is 270 g/mol. The monoisotopic (exact) mass is 295 g/mol. The van der Waals surface area contributed by atoms with Crippen LogP contribution >= 0.6 is 0 Å². The number of nitrogens with two attached hydrogens (primary N) is 1. The molecule has 0 radical (unpaired) electrons. The maximum absolute atomic E-state index is 11.7. The minimum absolute atomic E-state index is 0.237. The molecule has 0 bridgehead atoms. The van der Waals surface area contributed by atoms with Crippen molar-refractivity contribution in [2.24, 2.45) is 11.7 Å². The predicted octanol–water partition coefficient (Wildman–Crippen LogP) is 1.77. The Bertz CT molecular complexity index is 488. The lowest BCUT2D eigenvalue weighted by atomic mass is 9.80. The number of amides is 1. The minimum Gasteiger partial charge on any atom is -0.444 e. The molecule has 7 nitrogen and oxygen atoms in total. The number of alkyl carbamates (subject to hydrolysis) is 1. The second kappa shape index (κ2) is 6.01. The Hall–Kier alpha value is -1.63. The summed E-state index contributed by atoms with van der Waals surface area (Å²) in [6, 6.07) is 0.146. The van der Waals surface area contributed by atoms with Gasteiger partial charge >= 0.3 is 6.09 Å². The Morgan fingerprint density at radius 3 is 2.81 bits per heavy atom. The molecule has 0 saturated heterocycles. The van der Waals surface area contributed by atoms with E-state index < -0.39 is 11.7 Å². The topological polar surface area (TPSA) is 95.1 Å². The number of nitrogens with zero attached hydrogens (tertiary/aromatic N) is 3. The van der Waals surface area contributed by atoms with Gasteiger partial charge in [-0.15, -0.1) is 5.10 Å². The van der Waals surface area contributed by atoms with Gasteiger partial charge in [-0.05, 0) is 53.0 Å². The van der Waals surface area contributed by atoms with Crippen molar-refractivity contribution in [2.45, 2.75) is 58.2 Å². The second-order valence-electron chi connectivity index (χ2n) is 6.72. The van der Waals surface area contributed by atoms with E-state index in [4.69, 9.17) is 10.5 Å². The van der Waals surface area contributed by atoms with Crippen molar-refractivity contribution >= 4 is 6.09 Å². The maximum atomic E-state index is 11.7. The first-order valence-corrected chi connectivity index (χ1v) is 7.40. The summed E-state index contributed by atoms with van der Waals surface area (Å²) in [5, 5.41) is 11.0. The Balaban J connectivity index is 1.87. The Kier molecular flexibility index (Phi) is 4.51. The molecule has 1 aromatic heterocycles. The van der Waals surface area contributed by atoms with E-state index in [1.54, 1.807) is 0 Å². The van der Waals surface area contributed by atoms with Crippen LogP contribution in [0.1, 0.15) is 58.3 Å². The largest absolute Gasteiger partial charge is 0.444 e. The van der Waals surface area contributed by atoms with Gasteiger partial charge in [-0.2, -0.15) is 0 Å². The third-order valence-electron chi connectivity index (χ3n) is 3.62. The van der Waals surface area contributed by atoms with E-state index in [9.17, 15) is 4.79 Å². The quantitative estimate of drug-likeness (QED) is 0.882. The van der Waals surface area contributed by atoms with Crippen molar-refractivity contribution in [3.8, 4) is 0 Å². The Labute approximate surface area is 125 Å². The number of rotatable bonds is 4. The van der Waals surface area contributed by atoms with Gasteiger partial charge in [0, 0.05) is 0 Å². The third-order valence-corrected chi connectivity index (χ3v) is 3.62. The van der Waals surface area contributed by atoms with Crippen molar-refractivity contribution in [2.75, 3.05) is 6.54 Å². The van der Waals surface area contributed by atoms with Gasteiger partial charge in [-0.1, -0.05) is 5.21 Å². The highest BCUT2D eigenvalue weighted by molar-refractivity contribution is 5.68. The van der Waals surface area contributed by atoms with E-state index in [0.717, 1.165) is 25.1 Å². The summed E-state index contributed by atoms with van der Waals surface area (Å²) in [7, 11) is 0. The fourth-order valence-electron chi connectivity index (χ4n) is 2.33. The first-order valence-electron chi connectivity index (χ1n) is 7.40. The van der Waals surface area contributed by atoms with E-state index in [1.165, 1.54) is 0 Å². The van der Waals surface area contributed by atoms with E-state index in [0.29, 0.717) is 12.0 Å². The van der Waals surface area contributed by atoms with E-state index in [1.807, 2.05) is 38.6 Å². The van der Waals surface area contributed by atoms with Gasteiger partial charge in [0.15, 0.2) is 0 Å². The molecule has 0 spiro atoms. The minimum atomic E-state index is -0.509. The third kappa shape index (κ3) is 4.17. The molecule has 1 heterocycles. The summed E-state index contributed by atoms with van der Waals surface area (Å²) >= 11 is 0. The van der Waals surface area contributed by atoms with Gasteiger partial charge in [-0.25, -0.2) is 9.48 Å². The van der Waals surface area contributed by atoms with Gasteiger partial charge in [0.1, 0.15) is 11.3 Å². The molecule has 1 fully saturated rings. The molecular formula is C14H25N5O2. The average molecular weight is 295 g/mol. The average Bonchev–Trinajstić information content (AvgIpc) is 2.74. The van der Waals surface area contributed by atoms with Gasteiger partial charge in [0.2, 0.25) is 0 Å². The number of hydrogen-bond acceptors (Lipinski definition) is 5. The molecule has 1 saturated carbocycles. The number of nitrogens with one attached hydrogen (secondary N) is 1. The van der Waals surface area contributed by atoms with Crippen molar-refractivity contribution in [1.29, 1.82) is 0 Å². The molecule has 1 aromatic rings. The van der Waals surface area contributed by atoms with E-state index in [2.05, 4.69) is 15.6 Å². The summed E-state index contributed by atoms with van der Waals surface area (Å²) in [4.78, 5) is 11.7. The lowest BCUT2D eigenvalue weighted by molar-refractivity contribution is 0.0507. The first kappa shape index (κ1) is 15.8. The zero-order valence-corrected chi connectivity index (χ0v) is 13.2. The molecule has 1 atom stereocenters. The zero-order chi connectivity index (χ0) is 15.6. The lowest BCUT2D eigenvalue weighted by Gasteiger charge is -2.33. The van der Waals surface area contributed by atoms with Crippen LogP contribution < -0.4 is 11.1 Å². The Morgan fingerprint density at radius 2 is 2.24 bits per heavy atom. The normalized spacial score (nSPS) is 23.3. The van der Waals surface area contributed by atoms with Crippen LogP contribution in [0.4, 0.5) is 4.79 Å². The van der Waals surface area contributed by atoms with Crippen LogP contribution in [0.3, 0.4) is 0 Å². The fourth-order valence-corrected chi connectivity index (χ4v) is 2.33. The summed E-state index contributed by atoms with van der Waals surface area (Å²) in [6.07, 6.45) is 3.54. The first-order chi connectivity index (χ1) is 9.78. The van der Waals surface area contributed by atoms with E-state index >= 15 is 0 Å². The second-order valence-corrected chi connectivity index (χ2v) is 6.72. The smallest absolute Gasteiger partial charge is 0.408 e. The van der Waals surface area contributed by atoms with Crippen LogP contribution in [0.2, 0.25) is 0 Å².